The average molecular weight is 282 g/mol. The molecule has 0 radical (unpaired) electrons. The molecule has 1 aliphatic heterocycles. The monoisotopic (exact) mass is 282 g/mol. The molecule has 2 unspecified atom stereocenters. The van der Waals surface area contributed by atoms with E-state index in [1.807, 2.05) is 0 Å². The first kappa shape index (κ1) is 14.0. The predicted molar refractivity (Wildman–Crippen MR) is 65.9 cm³/mol. The summed E-state index contributed by atoms with van der Waals surface area (Å²) >= 11 is 0. The third kappa shape index (κ3) is 2.47. The van der Waals surface area contributed by atoms with Crippen molar-refractivity contribution in [3.63, 3.8) is 0 Å². The summed E-state index contributed by atoms with van der Waals surface area (Å²) in [5, 5.41) is 0. The van der Waals surface area contributed by atoms with Gasteiger partial charge in [0.2, 0.25) is 12.2 Å². The second-order valence-electron chi connectivity index (χ2n) is 3.94. The molecule has 2 rings (SSSR count). The van der Waals surface area contributed by atoms with E-state index in [2.05, 4.69) is 9.47 Å². The molecule has 1 aromatic rings. The highest BCUT2D eigenvalue weighted by Crippen LogP contribution is 2.37. The maximum Gasteiger partial charge on any atom is 0.351 e. The van der Waals surface area contributed by atoms with E-state index in [1.54, 1.807) is 18.2 Å². The lowest BCUT2D eigenvalue weighted by Crippen LogP contribution is -2.50. The number of methoxy groups -OCH3 is 3. The van der Waals surface area contributed by atoms with Gasteiger partial charge in [0, 0.05) is 6.07 Å². The average Bonchev–Trinajstić information content (AvgIpc) is 2.51. The normalized spacial score (nSPS) is 19.9. The predicted octanol–water partition coefficient (Wildman–Crippen LogP) is 0.550. The lowest BCUT2D eigenvalue weighted by molar-refractivity contribution is -0.168. The Bertz CT molecular complexity index is 525. The minimum absolute atomic E-state index is 0.292. The highest BCUT2D eigenvalue weighted by atomic mass is 16.6. The maximum atomic E-state index is 11.7. The number of benzene rings is 1. The number of carbonyl (C=O) groups is 2. The summed E-state index contributed by atoms with van der Waals surface area (Å²) < 4.78 is 25.2. The SMILES string of the molecule is COC(=O)C1Oc2ccc(OC)cc2OC1C(=O)OC. The number of ether oxygens (including phenoxy) is 5. The summed E-state index contributed by atoms with van der Waals surface area (Å²) in [5.74, 6) is -0.301. The van der Waals surface area contributed by atoms with Crippen LogP contribution in [-0.2, 0) is 19.1 Å². The van der Waals surface area contributed by atoms with E-state index in [1.165, 1.54) is 21.3 Å². The van der Waals surface area contributed by atoms with Gasteiger partial charge in [-0.1, -0.05) is 0 Å². The quantitative estimate of drug-likeness (QED) is 0.749. The summed E-state index contributed by atoms with van der Waals surface area (Å²) in [6.45, 7) is 0. The van der Waals surface area contributed by atoms with Gasteiger partial charge in [-0.25, -0.2) is 9.59 Å². The second-order valence-corrected chi connectivity index (χ2v) is 3.94. The van der Waals surface area contributed by atoms with Gasteiger partial charge in [0.05, 0.1) is 21.3 Å². The molecule has 20 heavy (non-hydrogen) atoms. The topological polar surface area (TPSA) is 80.3 Å². The van der Waals surface area contributed by atoms with E-state index >= 15 is 0 Å². The van der Waals surface area contributed by atoms with Crippen LogP contribution in [0.2, 0.25) is 0 Å². The Morgan fingerprint density at radius 3 is 2.00 bits per heavy atom. The fourth-order valence-corrected chi connectivity index (χ4v) is 1.78. The van der Waals surface area contributed by atoms with Crippen molar-refractivity contribution in [1.29, 1.82) is 0 Å². The Hall–Kier alpha value is -2.44. The fraction of sp³-hybridized carbons (Fsp3) is 0.385. The van der Waals surface area contributed by atoms with Gasteiger partial charge in [-0.15, -0.1) is 0 Å². The van der Waals surface area contributed by atoms with Gasteiger partial charge in [0.15, 0.2) is 11.5 Å². The molecular weight excluding hydrogens is 268 g/mol. The highest BCUT2D eigenvalue weighted by molar-refractivity contribution is 5.87. The van der Waals surface area contributed by atoms with Crippen molar-refractivity contribution in [2.45, 2.75) is 12.2 Å². The molecule has 0 aromatic heterocycles. The van der Waals surface area contributed by atoms with Crippen LogP contribution < -0.4 is 14.2 Å². The molecule has 1 aromatic carbocycles. The van der Waals surface area contributed by atoms with E-state index in [4.69, 9.17) is 14.2 Å². The van der Waals surface area contributed by atoms with Gasteiger partial charge < -0.3 is 23.7 Å². The standard InChI is InChI=1S/C13H14O7/c1-16-7-4-5-8-9(6-7)20-11(13(15)18-3)10(19-8)12(14)17-2/h4-6,10-11H,1-3H3. The van der Waals surface area contributed by atoms with Gasteiger partial charge in [-0.3, -0.25) is 0 Å². The first-order valence-electron chi connectivity index (χ1n) is 5.77. The fourth-order valence-electron chi connectivity index (χ4n) is 1.78. The Labute approximate surface area is 115 Å². The third-order valence-corrected chi connectivity index (χ3v) is 2.80. The van der Waals surface area contributed by atoms with Gasteiger partial charge in [-0.2, -0.15) is 0 Å². The third-order valence-electron chi connectivity index (χ3n) is 2.80. The summed E-state index contributed by atoms with van der Waals surface area (Å²) in [6.07, 6.45) is -2.44. The van der Waals surface area contributed by atoms with Crippen LogP contribution in [-0.4, -0.2) is 45.5 Å². The smallest absolute Gasteiger partial charge is 0.351 e. The van der Waals surface area contributed by atoms with Gasteiger partial charge in [0.25, 0.3) is 0 Å². The minimum atomic E-state index is -1.23. The first-order chi connectivity index (χ1) is 9.60. The molecule has 0 aliphatic carbocycles. The van der Waals surface area contributed by atoms with Gasteiger partial charge >= 0.3 is 11.9 Å². The van der Waals surface area contributed by atoms with E-state index in [0.29, 0.717) is 17.2 Å². The van der Waals surface area contributed by atoms with Crippen LogP contribution in [0.4, 0.5) is 0 Å². The van der Waals surface area contributed by atoms with Crippen molar-refractivity contribution in [2.24, 2.45) is 0 Å². The zero-order chi connectivity index (χ0) is 14.7. The van der Waals surface area contributed by atoms with Crippen molar-refractivity contribution in [3.05, 3.63) is 18.2 Å². The zero-order valence-corrected chi connectivity index (χ0v) is 11.2. The Kier molecular flexibility index (Phi) is 3.97. The summed E-state index contributed by atoms with van der Waals surface area (Å²) in [7, 11) is 3.89. The molecule has 2 atom stereocenters. The molecular formula is C13H14O7. The molecule has 0 bridgehead atoms. The number of carbonyl (C=O) groups excluding carboxylic acids is 2. The molecule has 0 spiro atoms. The molecule has 0 saturated carbocycles. The van der Waals surface area contributed by atoms with Crippen LogP contribution in [0.5, 0.6) is 17.2 Å². The van der Waals surface area contributed by atoms with Crippen LogP contribution in [0.25, 0.3) is 0 Å². The molecule has 0 fully saturated rings. The van der Waals surface area contributed by atoms with Crippen LogP contribution in [0, 0.1) is 0 Å². The lowest BCUT2D eigenvalue weighted by Gasteiger charge is -2.30. The molecule has 1 heterocycles. The maximum absolute atomic E-state index is 11.7. The second kappa shape index (κ2) is 5.68. The van der Waals surface area contributed by atoms with Gasteiger partial charge in [0.1, 0.15) is 5.75 Å². The van der Waals surface area contributed by atoms with Crippen LogP contribution >= 0.6 is 0 Å². The minimum Gasteiger partial charge on any atom is -0.497 e. The van der Waals surface area contributed by atoms with E-state index in [0.717, 1.165) is 0 Å². The number of hydrogen-bond acceptors (Lipinski definition) is 7. The highest BCUT2D eigenvalue weighted by Gasteiger charge is 2.43. The molecule has 108 valence electrons. The number of rotatable bonds is 3. The lowest BCUT2D eigenvalue weighted by atomic mass is 10.1. The van der Waals surface area contributed by atoms with E-state index in [-0.39, 0.29) is 0 Å². The number of hydrogen-bond donors (Lipinski definition) is 0. The Morgan fingerprint density at radius 1 is 0.950 bits per heavy atom. The van der Waals surface area contributed by atoms with Gasteiger partial charge in [-0.05, 0) is 12.1 Å². The first-order valence-corrected chi connectivity index (χ1v) is 5.77. The molecule has 7 heteroatoms. The summed E-state index contributed by atoms with van der Waals surface area (Å²) in [4.78, 5) is 23.4. The van der Waals surface area contributed by atoms with Crippen molar-refractivity contribution in [2.75, 3.05) is 21.3 Å². The van der Waals surface area contributed by atoms with E-state index in [9.17, 15) is 9.59 Å². The Balaban J connectivity index is 2.36. The molecule has 0 N–H and O–H groups in total. The van der Waals surface area contributed by atoms with Crippen LogP contribution in [0.1, 0.15) is 0 Å². The van der Waals surface area contributed by atoms with Crippen molar-refractivity contribution < 1.29 is 33.3 Å². The number of fused-ring (bicyclic) bond motifs is 1. The van der Waals surface area contributed by atoms with Crippen molar-refractivity contribution in [3.8, 4) is 17.2 Å². The molecule has 0 saturated heterocycles. The Morgan fingerprint density at radius 2 is 1.50 bits per heavy atom. The molecule has 0 amide bonds. The summed E-state index contributed by atoms with van der Waals surface area (Å²) in [6, 6.07) is 4.78. The van der Waals surface area contributed by atoms with Crippen LogP contribution in [0.15, 0.2) is 18.2 Å². The van der Waals surface area contributed by atoms with Crippen molar-refractivity contribution >= 4 is 11.9 Å². The largest absolute Gasteiger partial charge is 0.497 e. The molecule has 7 nitrogen and oxygen atoms in total. The van der Waals surface area contributed by atoms with Crippen LogP contribution in [0.3, 0.4) is 0 Å². The summed E-state index contributed by atoms with van der Waals surface area (Å²) in [5.41, 5.74) is 0. The van der Waals surface area contributed by atoms with E-state index < -0.39 is 24.1 Å². The molecule has 1 aliphatic rings. The number of esters is 2. The zero-order valence-electron chi connectivity index (χ0n) is 11.2. The van der Waals surface area contributed by atoms with Crippen molar-refractivity contribution in [1.82, 2.24) is 0 Å².